The molecule has 2 N–H and O–H groups in total. The highest BCUT2D eigenvalue weighted by atomic mass is 79.9. The lowest BCUT2D eigenvalue weighted by Crippen LogP contribution is -2.17. The van der Waals surface area contributed by atoms with Crippen LogP contribution >= 0.6 is 15.9 Å². The van der Waals surface area contributed by atoms with E-state index in [0.717, 1.165) is 35.2 Å². The average Bonchev–Trinajstić information content (AvgIpc) is 2.76. The van der Waals surface area contributed by atoms with E-state index in [0.29, 0.717) is 13.2 Å². The first-order valence-corrected chi connectivity index (χ1v) is 6.32. The summed E-state index contributed by atoms with van der Waals surface area (Å²) >= 11 is 3.52. The van der Waals surface area contributed by atoms with Gasteiger partial charge in [0.05, 0.1) is 17.7 Å². The SMILES string of the molecule is NCCc1cccc(Br)c1OC1CCOC1. The van der Waals surface area contributed by atoms with Crippen LogP contribution in [0.5, 0.6) is 5.75 Å². The zero-order chi connectivity index (χ0) is 11.4. The highest BCUT2D eigenvalue weighted by Gasteiger charge is 2.19. The Morgan fingerprint density at radius 3 is 3.06 bits per heavy atom. The van der Waals surface area contributed by atoms with Gasteiger partial charge in [0.25, 0.3) is 0 Å². The van der Waals surface area contributed by atoms with Crippen molar-refractivity contribution in [1.82, 2.24) is 0 Å². The second kappa shape index (κ2) is 5.66. The molecule has 0 amide bonds. The highest BCUT2D eigenvalue weighted by Crippen LogP contribution is 2.31. The number of benzene rings is 1. The quantitative estimate of drug-likeness (QED) is 0.922. The maximum Gasteiger partial charge on any atom is 0.137 e. The van der Waals surface area contributed by atoms with E-state index in [4.69, 9.17) is 15.2 Å². The number of ether oxygens (including phenoxy) is 2. The number of nitrogens with two attached hydrogens (primary N) is 1. The third-order valence-electron chi connectivity index (χ3n) is 2.63. The van der Waals surface area contributed by atoms with Gasteiger partial charge in [0.1, 0.15) is 11.9 Å². The first-order chi connectivity index (χ1) is 7.81. The maximum atomic E-state index is 5.96. The zero-order valence-electron chi connectivity index (χ0n) is 9.12. The smallest absolute Gasteiger partial charge is 0.137 e. The molecule has 0 aliphatic carbocycles. The van der Waals surface area contributed by atoms with E-state index in [-0.39, 0.29) is 6.10 Å². The molecule has 1 unspecified atom stereocenters. The van der Waals surface area contributed by atoms with Crippen molar-refractivity contribution in [2.75, 3.05) is 19.8 Å². The molecular weight excluding hydrogens is 270 g/mol. The third kappa shape index (κ3) is 2.75. The third-order valence-corrected chi connectivity index (χ3v) is 3.26. The van der Waals surface area contributed by atoms with Crippen molar-refractivity contribution in [2.45, 2.75) is 18.9 Å². The molecule has 0 bridgehead atoms. The summed E-state index contributed by atoms with van der Waals surface area (Å²) in [6.07, 6.45) is 1.97. The molecule has 0 aromatic heterocycles. The van der Waals surface area contributed by atoms with E-state index >= 15 is 0 Å². The molecule has 4 heteroatoms. The van der Waals surface area contributed by atoms with Gasteiger partial charge in [-0.05, 0) is 40.5 Å². The molecule has 1 aromatic rings. The molecule has 0 saturated carbocycles. The normalized spacial score (nSPS) is 20.0. The molecule has 88 valence electrons. The van der Waals surface area contributed by atoms with E-state index in [2.05, 4.69) is 22.0 Å². The van der Waals surface area contributed by atoms with Crippen LogP contribution in [0, 0.1) is 0 Å². The van der Waals surface area contributed by atoms with Gasteiger partial charge in [-0.1, -0.05) is 12.1 Å². The van der Waals surface area contributed by atoms with Gasteiger partial charge in [0, 0.05) is 6.42 Å². The Morgan fingerprint density at radius 1 is 1.50 bits per heavy atom. The van der Waals surface area contributed by atoms with Gasteiger partial charge in [0.15, 0.2) is 0 Å². The molecule has 0 spiro atoms. The fraction of sp³-hybridized carbons (Fsp3) is 0.500. The lowest BCUT2D eigenvalue weighted by Gasteiger charge is -2.16. The van der Waals surface area contributed by atoms with E-state index in [1.807, 2.05) is 12.1 Å². The predicted molar refractivity (Wildman–Crippen MR) is 66.8 cm³/mol. The Bertz CT molecular complexity index is 351. The minimum Gasteiger partial charge on any atom is -0.486 e. The fourth-order valence-electron chi connectivity index (χ4n) is 1.81. The van der Waals surface area contributed by atoms with Crippen LogP contribution in [0.2, 0.25) is 0 Å². The van der Waals surface area contributed by atoms with Crippen LogP contribution < -0.4 is 10.5 Å². The minimum absolute atomic E-state index is 0.176. The maximum absolute atomic E-state index is 5.96. The van der Waals surface area contributed by atoms with Gasteiger partial charge in [-0.2, -0.15) is 0 Å². The first kappa shape index (κ1) is 11.9. The Hall–Kier alpha value is -0.580. The highest BCUT2D eigenvalue weighted by molar-refractivity contribution is 9.10. The number of hydrogen-bond acceptors (Lipinski definition) is 3. The summed E-state index contributed by atoms with van der Waals surface area (Å²) in [6, 6.07) is 6.06. The molecule has 1 atom stereocenters. The van der Waals surface area contributed by atoms with Gasteiger partial charge >= 0.3 is 0 Å². The lowest BCUT2D eigenvalue weighted by molar-refractivity contribution is 0.140. The molecule has 0 radical (unpaired) electrons. The van der Waals surface area contributed by atoms with Crippen molar-refractivity contribution in [1.29, 1.82) is 0 Å². The van der Waals surface area contributed by atoms with Gasteiger partial charge in [-0.15, -0.1) is 0 Å². The molecule has 1 fully saturated rings. The largest absolute Gasteiger partial charge is 0.486 e. The van der Waals surface area contributed by atoms with Crippen molar-refractivity contribution in [3.63, 3.8) is 0 Å². The van der Waals surface area contributed by atoms with Gasteiger partial charge in [0.2, 0.25) is 0 Å². The Morgan fingerprint density at radius 2 is 2.38 bits per heavy atom. The van der Waals surface area contributed by atoms with Crippen molar-refractivity contribution in [3.8, 4) is 5.75 Å². The van der Waals surface area contributed by atoms with Crippen LogP contribution in [-0.2, 0) is 11.2 Å². The second-order valence-electron chi connectivity index (χ2n) is 3.87. The van der Waals surface area contributed by atoms with E-state index < -0.39 is 0 Å². The molecule has 1 heterocycles. The van der Waals surface area contributed by atoms with Gasteiger partial charge in [-0.3, -0.25) is 0 Å². The molecule has 3 nitrogen and oxygen atoms in total. The number of hydrogen-bond donors (Lipinski definition) is 1. The number of halogens is 1. The molecule has 2 rings (SSSR count). The van der Waals surface area contributed by atoms with Crippen LogP contribution in [0.3, 0.4) is 0 Å². The van der Waals surface area contributed by atoms with E-state index in [9.17, 15) is 0 Å². The first-order valence-electron chi connectivity index (χ1n) is 5.53. The molecule has 1 saturated heterocycles. The van der Waals surface area contributed by atoms with E-state index in [1.165, 1.54) is 0 Å². The van der Waals surface area contributed by atoms with Crippen LogP contribution in [-0.4, -0.2) is 25.9 Å². The zero-order valence-corrected chi connectivity index (χ0v) is 10.7. The van der Waals surface area contributed by atoms with Crippen LogP contribution in [0.1, 0.15) is 12.0 Å². The topological polar surface area (TPSA) is 44.5 Å². The minimum atomic E-state index is 0.176. The molecular formula is C12H16BrNO2. The van der Waals surface area contributed by atoms with Crippen molar-refractivity contribution in [3.05, 3.63) is 28.2 Å². The summed E-state index contributed by atoms with van der Waals surface area (Å²) in [4.78, 5) is 0. The van der Waals surface area contributed by atoms with Crippen molar-refractivity contribution >= 4 is 15.9 Å². The lowest BCUT2D eigenvalue weighted by atomic mass is 10.1. The average molecular weight is 286 g/mol. The molecule has 1 aliphatic heterocycles. The van der Waals surface area contributed by atoms with Crippen LogP contribution in [0.15, 0.2) is 22.7 Å². The van der Waals surface area contributed by atoms with Gasteiger partial charge in [-0.25, -0.2) is 0 Å². The van der Waals surface area contributed by atoms with Crippen molar-refractivity contribution < 1.29 is 9.47 Å². The molecule has 1 aliphatic rings. The summed E-state index contributed by atoms with van der Waals surface area (Å²) < 4.78 is 12.3. The predicted octanol–water partition coefficient (Wildman–Crippen LogP) is 2.12. The summed E-state index contributed by atoms with van der Waals surface area (Å²) in [5.41, 5.74) is 6.75. The van der Waals surface area contributed by atoms with E-state index in [1.54, 1.807) is 0 Å². The van der Waals surface area contributed by atoms with Crippen molar-refractivity contribution in [2.24, 2.45) is 5.73 Å². The summed E-state index contributed by atoms with van der Waals surface area (Å²) in [5.74, 6) is 0.920. The molecule has 1 aromatic carbocycles. The Kier molecular flexibility index (Phi) is 4.21. The fourth-order valence-corrected chi connectivity index (χ4v) is 2.31. The summed E-state index contributed by atoms with van der Waals surface area (Å²) in [6.45, 7) is 2.11. The standard InChI is InChI=1S/C12H16BrNO2/c13-11-3-1-2-9(4-6-14)12(11)16-10-5-7-15-8-10/h1-3,10H,4-8,14H2. The monoisotopic (exact) mass is 285 g/mol. The van der Waals surface area contributed by atoms with Crippen LogP contribution in [0.25, 0.3) is 0 Å². The Labute approximate surface area is 104 Å². The van der Waals surface area contributed by atoms with Crippen LogP contribution in [0.4, 0.5) is 0 Å². The second-order valence-corrected chi connectivity index (χ2v) is 4.72. The summed E-state index contributed by atoms with van der Waals surface area (Å²) in [7, 11) is 0. The van der Waals surface area contributed by atoms with Gasteiger partial charge < -0.3 is 15.2 Å². The number of rotatable bonds is 4. The Balaban J connectivity index is 2.16. The molecule has 16 heavy (non-hydrogen) atoms. The number of para-hydroxylation sites is 1. The summed E-state index contributed by atoms with van der Waals surface area (Å²) in [5, 5.41) is 0.